The van der Waals surface area contributed by atoms with E-state index in [-0.39, 0.29) is 18.7 Å². The lowest BCUT2D eigenvalue weighted by Crippen LogP contribution is -2.43. The highest BCUT2D eigenvalue weighted by atomic mass is 35.5. The van der Waals surface area contributed by atoms with Crippen molar-refractivity contribution in [2.75, 3.05) is 13.1 Å². The van der Waals surface area contributed by atoms with Crippen LogP contribution in [0.15, 0.2) is 48.8 Å². The van der Waals surface area contributed by atoms with Gasteiger partial charge in [-0.2, -0.15) is 0 Å². The Kier molecular flexibility index (Phi) is 4.12. The molecule has 3 nitrogen and oxygen atoms in total. The summed E-state index contributed by atoms with van der Waals surface area (Å²) >= 11 is 5.95. The molecule has 114 valence electrons. The standard InChI is InChI=1S/C17H16ClFN2O/c18-15-5-1-4-14(11-15)17(19)6-9-21(10-7-17)16(22)13-3-2-8-20-12-13/h1-5,8,11-12H,6-7,9-10H2. The van der Waals surface area contributed by atoms with Crippen LogP contribution in [0.1, 0.15) is 28.8 Å². The fourth-order valence-electron chi connectivity index (χ4n) is 2.79. The van der Waals surface area contributed by atoms with Crippen LogP contribution in [0.3, 0.4) is 0 Å². The van der Waals surface area contributed by atoms with Gasteiger partial charge in [0.15, 0.2) is 0 Å². The first-order chi connectivity index (χ1) is 10.6. The molecule has 0 N–H and O–H groups in total. The molecule has 0 unspecified atom stereocenters. The Hall–Kier alpha value is -1.94. The van der Waals surface area contributed by atoms with Crippen molar-refractivity contribution in [2.24, 2.45) is 0 Å². The fraction of sp³-hybridized carbons (Fsp3) is 0.294. The highest BCUT2D eigenvalue weighted by Crippen LogP contribution is 2.38. The van der Waals surface area contributed by atoms with E-state index >= 15 is 4.39 Å². The number of benzene rings is 1. The molecular formula is C17H16ClFN2O. The molecule has 5 heteroatoms. The second kappa shape index (κ2) is 6.05. The largest absolute Gasteiger partial charge is 0.338 e. The van der Waals surface area contributed by atoms with Crippen molar-refractivity contribution < 1.29 is 9.18 Å². The Balaban J connectivity index is 1.71. The third-order valence-corrected chi connectivity index (χ3v) is 4.33. The normalized spacial score (nSPS) is 17.3. The van der Waals surface area contributed by atoms with Gasteiger partial charge in [0, 0.05) is 43.3 Å². The van der Waals surface area contributed by atoms with Gasteiger partial charge < -0.3 is 4.90 Å². The average Bonchev–Trinajstić information content (AvgIpc) is 2.56. The molecule has 1 aliphatic rings. The van der Waals surface area contributed by atoms with Crippen LogP contribution in [0.2, 0.25) is 5.02 Å². The Morgan fingerprint density at radius 3 is 2.64 bits per heavy atom. The number of carbonyl (C=O) groups is 1. The van der Waals surface area contributed by atoms with E-state index in [0.717, 1.165) is 0 Å². The van der Waals surface area contributed by atoms with Crippen molar-refractivity contribution in [1.82, 2.24) is 9.88 Å². The van der Waals surface area contributed by atoms with Crippen molar-refractivity contribution in [3.8, 4) is 0 Å². The number of rotatable bonds is 2. The minimum absolute atomic E-state index is 0.0961. The van der Waals surface area contributed by atoms with E-state index < -0.39 is 5.67 Å². The summed E-state index contributed by atoms with van der Waals surface area (Å²) < 4.78 is 15.1. The van der Waals surface area contributed by atoms with Gasteiger partial charge in [-0.15, -0.1) is 0 Å². The lowest BCUT2D eigenvalue weighted by atomic mass is 9.86. The van der Waals surface area contributed by atoms with Crippen LogP contribution in [-0.4, -0.2) is 28.9 Å². The van der Waals surface area contributed by atoms with Gasteiger partial charge in [-0.25, -0.2) is 4.39 Å². The molecule has 0 aliphatic carbocycles. The molecule has 0 bridgehead atoms. The summed E-state index contributed by atoms with van der Waals surface area (Å²) in [6, 6.07) is 10.4. The number of nitrogens with zero attached hydrogens (tertiary/aromatic N) is 2. The number of piperidine rings is 1. The maximum atomic E-state index is 15.1. The zero-order valence-corrected chi connectivity index (χ0v) is 12.8. The molecule has 1 aromatic heterocycles. The monoisotopic (exact) mass is 318 g/mol. The lowest BCUT2D eigenvalue weighted by Gasteiger charge is -2.36. The number of likely N-dealkylation sites (tertiary alicyclic amines) is 1. The molecular weight excluding hydrogens is 303 g/mol. The summed E-state index contributed by atoms with van der Waals surface area (Å²) in [4.78, 5) is 18.0. The molecule has 2 aromatic rings. The SMILES string of the molecule is O=C(c1cccnc1)N1CCC(F)(c2cccc(Cl)c2)CC1. The molecule has 1 fully saturated rings. The van der Waals surface area contributed by atoms with Crippen molar-refractivity contribution in [2.45, 2.75) is 18.5 Å². The van der Waals surface area contributed by atoms with Crippen LogP contribution in [-0.2, 0) is 5.67 Å². The predicted octanol–water partition coefficient (Wildman–Crippen LogP) is 3.84. The van der Waals surface area contributed by atoms with Crippen LogP contribution in [0.4, 0.5) is 4.39 Å². The molecule has 0 saturated carbocycles. The first kappa shape index (κ1) is 15.0. The molecule has 1 saturated heterocycles. The van der Waals surface area contributed by atoms with Gasteiger partial charge in [0.25, 0.3) is 5.91 Å². The predicted molar refractivity (Wildman–Crippen MR) is 83.6 cm³/mol. The van der Waals surface area contributed by atoms with Crippen molar-refractivity contribution in [3.63, 3.8) is 0 Å². The second-order valence-corrected chi connectivity index (χ2v) is 5.95. The Morgan fingerprint density at radius 2 is 2.00 bits per heavy atom. The van der Waals surface area contributed by atoms with Crippen LogP contribution in [0.25, 0.3) is 0 Å². The third-order valence-electron chi connectivity index (χ3n) is 4.09. The summed E-state index contributed by atoms with van der Waals surface area (Å²) in [5.41, 5.74) is -0.290. The van der Waals surface area contributed by atoms with E-state index in [1.54, 1.807) is 47.5 Å². The van der Waals surface area contributed by atoms with Crippen LogP contribution in [0, 0.1) is 0 Å². The number of alkyl halides is 1. The molecule has 3 rings (SSSR count). The van der Waals surface area contributed by atoms with E-state index in [1.165, 1.54) is 6.20 Å². The number of halogens is 2. The molecule has 0 radical (unpaired) electrons. The number of carbonyl (C=O) groups excluding carboxylic acids is 1. The van der Waals surface area contributed by atoms with Gasteiger partial charge in [-0.1, -0.05) is 23.7 Å². The zero-order chi connectivity index (χ0) is 15.6. The van der Waals surface area contributed by atoms with Crippen molar-refractivity contribution >= 4 is 17.5 Å². The van der Waals surface area contributed by atoms with Crippen molar-refractivity contribution in [3.05, 3.63) is 64.9 Å². The second-order valence-electron chi connectivity index (χ2n) is 5.51. The molecule has 1 aromatic carbocycles. The quantitative estimate of drug-likeness (QED) is 0.843. The van der Waals surface area contributed by atoms with E-state index in [0.29, 0.717) is 29.2 Å². The first-order valence-electron chi connectivity index (χ1n) is 7.23. The van der Waals surface area contributed by atoms with Gasteiger partial charge >= 0.3 is 0 Å². The summed E-state index contributed by atoms with van der Waals surface area (Å²) in [5.74, 6) is -0.0961. The van der Waals surface area contributed by atoms with Crippen LogP contribution in [0.5, 0.6) is 0 Å². The average molecular weight is 319 g/mol. The molecule has 0 spiro atoms. The smallest absolute Gasteiger partial charge is 0.255 e. The van der Waals surface area contributed by atoms with Crippen LogP contribution < -0.4 is 0 Å². The minimum Gasteiger partial charge on any atom is -0.338 e. The summed E-state index contributed by atoms with van der Waals surface area (Å²) in [7, 11) is 0. The van der Waals surface area contributed by atoms with Gasteiger partial charge in [-0.3, -0.25) is 9.78 Å². The topological polar surface area (TPSA) is 33.2 Å². The third kappa shape index (κ3) is 2.97. The van der Waals surface area contributed by atoms with Crippen LogP contribution >= 0.6 is 11.6 Å². The Bertz CT molecular complexity index is 669. The van der Waals surface area contributed by atoms with Gasteiger partial charge in [-0.05, 0) is 29.8 Å². The number of amides is 1. The van der Waals surface area contributed by atoms with Crippen molar-refractivity contribution in [1.29, 1.82) is 0 Å². The first-order valence-corrected chi connectivity index (χ1v) is 7.61. The maximum Gasteiger partial charge on any atom is 0.255 e. The summed E-state index contributed by atoms with van der Waals surface area (Å²) in [5, 5.41) is 0.531. The molecule has 0 atom stereocenters. The van der Waals surface area contributed by atoms with Gasteiger partial charge in [0.05, 0.1) is 5.56 Å². The van der Waals surface area contributed by atoms with E-state index in [2.05, 4.69) is 4.98 Å². The fourth-order valence-corrected chi connectivity index (χ4v) is 2.98. The molecule has 1 aliphatic heterocycles. The zero-order valence-electron chi connectivity index (χ0n) is 12.0. The van der Waals surface area contributed by atoms with E-state index in [1.807, 2.05) is 0 Å². The van der Waals surface area contributed by atoms with Gasteiger partial charge in [0.2, 0.25) is 0 Å². The molecule has 22 heavy (non-hydrogen) atoms. The van der Waals surface area contributed by atoms with E-state index in [4.69, 9.17) is 11.6 Å². The highest BCUT2D eigenvalue weighted by molar-refractivity contribution is 6.30. The maximum absolute atomic E-state index is 15.1. The highest BCUT2D eigenvalue weighted by Gasteiger charge is 2.37. The lowest BCUT2D eigenvalue weighted by molar-refractivity contribution is 0.0421. The van der Waals surface area contributed by atoms with E-state index in [9.17, 15) is 4.79 Å². The number of hydrogen-bond acceptors (Lipinski definition) is 2. The molecule has 2 heterocycles. The number of hydrogen-bond donors (Lipinski definition) is 0. The van der Waals surface area contributed by atoms with Gasteiger partial charge in [0.1, 0.15) is 5.67 Å². The summed E-state index contributed by atoms with van der Waals surface area (Å²) in [6.45, 7) is 0.771. The minimum atomic E-state index is -1.42. The number of pyridine rings is 1. The molecule has 1 amide bonds. The summed E-state index contributed by atoms with van der Waals surface area (Å²) in [6.07, 6.45) is 3.72. The number of aromatic nitrogens is 1. The Morgan fingerprint density at radius 1 is 1.23 bits per heavy atom. The Labute approximate surface area is 133 Å².